The molecule has 0 unspecified atom stereocenters. The Balaban J connectivity index is 1.31. The zero-order valence-electron chi connectivity index (χ0n) is 17.7. The fourth-order valence-corrected chi connectivity index (χ4v) is 4.57. The van der Waals surface area contributed by atoms with E-state index in [9.17, 15) is 18.8 Å². The SMILES string of the molecule is O=C1CC[C@@H](NC(=O)c2ccc(N3CCN(CC4CCNCC4)CC3)cc2F)C(=O)N1. The maximum atomic E-state index is 14.7. The molecule has 8 nitrogen and oxygen atoms in total. The van der Waals surface area contributed by atoms with E-state index in [1.807, 2.05) is 0 Å². The quantitative estimate of drug-likeness (QED) is 0.588. The molecule has 0 bridgehead atoms. The van der Waals surface area contributed by atoms with Gasteiger partial charge in [0.15, 0.2) is 0 Å². The highest BCUT2D eigenvalue weighted by atomic mass is 19.1. The summed E-state index contributed by atoms with van der Waals surface area (Å²) in [6.45, 7) is 6.88. The largest absolute Gasteiger partial charge is 0.369 e. The molecule has 3 aliphatic heterocycles. The molecular weight excluding hydrogens is 401 g/mol. The molecule has 1 aromatic rings. The average Bonchev–Trinajstić information content (AvgIpc) is 2.77. The van der Waals surface area contributed by atoms with Crippen molar-refractivity contribution in [1.29, 1.82) is 0 Å². The van der Waals surface area contributed by atoms with Gasteiger partial charge in [-0.15, -0.1) is 0 Å². The molecule has 0 saturated carbocycles. The van der Waals surface area contributed by atoms with Crippen molar-refractivity contribution in [2.24, 2.45) is 5.92 Å². The number of anilines is 1. The highest BCUT2D eigenvalue weighted by Crippen LogP contribution is 2.22. The van der Waals surface area contributed by atoms with Gasteiger partial charge in [-0.25, -0.2) is 4.39 Å². The number of rotatable bonds is 5. The number of nitrogens with one attached hydrogen (secondary N) is 3. The van der Waals surface area contributed by atoms with Crippen LogP contribution in [0, 0.1) is 11.7 Å². The van der Waals surface area contributed by atoms with Crippen LogP contribution in [-0.4, -0.2) is 74.5 Å². The third kappa shape index (κ3) is 5.40. The normalized spacial score (nSPS) is 23.5. The Morgan fingerprint density at radius 1 is 1.10 bits per heavy atom. The highest BCUT2D eigenvalue weighted by molar-refractivity contribution is 6.03. The van der Waals surface area contributed by atoms with Gasteiger partial charge in [-0.3, -0.25) is 24.6 Å². The minimum Gasteiger partial charge on any atom is -0.369 e. The maximum absolute atomic E-state index is 14.7. The topological polar surface area (TPSA) is 93.8 Å². The number of benzene rings is 1. The van der Waals surface area contributed by atoms with Crippen molar-refractivity contribution in [2.75, 3.05) is 50.7 Å². The molecule has 3 aliphatic rings. The molecular formula is C22H30FN5O3. The molecule has 168 valence electrons. The number of nitrogens with zero attached hydrogens (tertiary/aromatic N) is 2. The van der Waals surface area contributed by atoms with E-state index in [2.05, 4.69) is 25.8 Å². The Morgan fingerprint density at radius 3 is 2.52 bits per heavy atom. The smallest absolute Gasteiger partial charge is 0.254 e. The Bertz CT molecular complexity index is 834. The first-order chi connectivity index (χ1) is 15.0. The van der Waals surface area contributed by atoms with Crippen LogP contribution < -0.4 is 20.9 Å². The van der Waals surface area contributed by atoms with Gasteiger partial charge in [0, 0.05) is 44.8 Å². The summed E-state index contributed by atoms with van der Waals surface area (Å²) in [6, 6.07) is 3.79. The summed E-state index contributed by atoms with van der Waals surface area (Å²) in [6.07, 6.45) is 2.83. The van der Waals surface area contributed by atoms with Gasteiger partial charge in [0.2, 0.25) is 11.8 Å². The molecule has 31 heavy (non-hydrogen) atoms. The highest BCUT2D eigenvalue weighted by Gasteiger charge is 2.29. The van der Waals surface area contributed by atoms with E-state index in [0.717, 1.165) is 57.4 Å². The summed E-state index contributed by atoms with van der Waals surface area (Å²) >= 11 is 0. The standard InChI is InChI=1S/C22H30FN5O3/c23-18-13-16(28-11-9-27(10-12-28)14-15-5-7-24-8-6-15)1-2-17(18)21(30)25-19-3-4-20(29)26-22(19)31/h1-2,13,15,19,24H,3-12,14H2,(H,25,30)(H,26,29,31)/t19-/m1/s1. The van der Waals surface area contributed by atoms with Gasteiger partial charge >= 0.3 is 0 Å². The molecule has 1 aromatic carbocycles. The van der Waals surface area contributed by atoms with Crippen LogP contribution in [0.4, 0.5) is 10.1 Å². The van der Waals surface area contributed by atoms with E-state index in [1.165, 1.54) is 25.0 Å². The molecule has 3 heterocycles. The fourth-order valence-electron chi connectivity index (χ4n) is 4.57. The van der Waals surface area contributed by atoms with Crippen molar-refractivity contribution in [3.05, 3.63) is 29.6 Å². The number of halogens is 1. The summed E-state index contributed by atoms with van der Waals surface area (Å²) in [5.41, 5.74) is 0.662. The number of carbonyl (C=O) groups is 3. The van der Waals surface area contributed by atoms with Gasteiger partial charge in [0.25, 0.3) is 5.91 Å². The zero-order chi connectivity index (χ0) is 21.8. The van der Waals surface area contributed by atoms with Crippen molar-refractivity contribution < 1.29 is 18.8 Å². The van der Waals surface area contributed by atoms with Crippen LogP contribution in [0.2, 0.25) is 0 Å². The molecule has 0 aliphatic carbocycles. The van der Waals surface area contributed by atoms with E-state index in [4.69, 9.17) is 0 Å². The minimum absolute atomic E-state index is 0.0991. The molecule has 3 N–H and O–H groups in total. The number of hydrogen-bond acceptors (Lipinski definition) is 6. The van der Waals surface area contributed by atoms with E-state index in [0.29, 0.717) is 0 Å². The van der Waals surface area contributed by atoms with Crippen LogP contribution in [-0.2, 0) is 9.59 Å². The van der Waals surface area contributed by atoms with E-state index >= 15 is 0 Å². The minimum atomic E-state index is -0.822. The second kappa shape index (κ2) is 9.74. The molecule has 4 rings (SSSR count). The van der Waals surface area contributed by atoms with Gasteiger partial charge < -0.3 is 15.5 Å². The Labute approximate surface area is 181 Å². The van der Waals surface area contributed by atoms with Crippen LogP contribution >= 0.6 is 0 Å². The van der Waals surface area contributed by atoms with Crippen LogP contribution in [0.3, 0.4) is 0 Å². The summed E-state index contributed by atoms with van der Waals surface area (Å²) in [7, 11) is 0. The van der Waals surface area contributed by atoms with Crippen molar-refractivity contribution in [3.8, 4) is 0 Å². The summed E-state index contributed by atoms with van der Waals surface area (Å²) in [5, 5.41) is 8.10. The van der Waals surface area contributed by atoms with E-state index < -0.39 is 23.7 Å². The van der Waals surface area contributed by atoms with Crippen LogP contribution in [0.15, 0.2) is 18.2 Å². The van der Waals surface area contributed by atoms with Gasteiger partial charge in [-0.1, -0.05) is 0 Å². The van der Waals surface area contributed by atoms with Gasteiger partial charge in [-0.2, -0.15) is 0 Å². The lowest BCUT2D eigenvalue weighted by molar-refractivity contribution is -0.134. The first-order valence-electron chi connectivity index (χ1n) is 11.1. The summed E-state index contributed by atoms with van der Waals surface area (Å²) < 4.78 is 14.7. The van der Waals surface area contributed by atoms with Gasteiger partial charge in [0.1, 0.15) is 11.9 Å². The number of hydrogen-bond donors (Lipinski definition) is 3. The fraction of sp³-hybridized carbons (Fsp3) is 0.591. The van der Waals surface area contributed by atoms with Crippen molar-refractivity contribution in [1.82, 2.24) is 20.9 Å². The summed E-state index contributed by atoms with van der Waals surface area (Å²) in [4.78, 5) is 40.1. The second-order valence-electron chi connectivity index (χ2n) is 8.62. The predicted octanol–water partition coefficient (Wildman–Crippen LogP) is 0.482. The van der Waals surface area contributed by atoms with E-state index in [-0.39, 0.29) is 24.3 Å². The molecule has 0 spiro atoms. The molecule has 9 heteroatoms. The third-order valence-corrected chi connectivity index (χ3v) is 6.45. The predicted molar refractivity (Wildman–Crippen MR) is 114 cm³/mol. The van der Waals surface area contributed by atoms with Crippen molar-refractivity contribution in [3.63, 3.8) is 0 Å². The Kier molecular flexibility index (Phi) is 6.82. The average molecular weight is 432 g/mol. The van der Waals surface area contributed by atoms with Crippen molar-refractivity contribution in [2.45, 2.75) is 31.7 Å². The lowest BCUT2D eigenvalue weighted by Gasteiger charge is -2.38. The van der Waals surface area contributed by atoms with Crippen LogP contribution in [0.1, 0.15) is 36.0 Å². The second-order valence-corrected chi connectivity index (χ2v) is 8.62. The number of carbonyl (C=O) groups excluding carboxylic acids is 3. The molecule has 3 amide bonds. The molecule has 1 atom stereocenters. The molecule has 0 radical (unpaired) electrons. The lowest BCUT2D eigenvalue weighted by atomic mass is 9.97. The number of amides is 3. The van der Waals surface area contributed by atoms with Gasteiger partial charge in [0.05, 0.1) is 5.56 Å². The summed E-state index contributed by atoms with van der Waals surface area (Å²) in [5.74, 6) is -1.41. The number of piperazine rings is 1. The number of piperidine rings is 2. The first kappa shape index (κ1) is 21.7. The molecule has 3 fully saturated rings. The van der Waals surface area contributed by atoms with Crippen LogP contribution in [0.25, 0.3) is 0 Å². The van der Waals surface area contributed by atoms with Crippen LogP contribution in [0.5, 0.6) is 0 Å². The third-order valence-electron chi connectivity index (χ3n) is 6.45. The Morgan fingerprint density at radius 2 is 1.84 bits per heavy atom. The first-order valence-corrected chi connectivity index (χ1v) is 11.1. The molecule has 3 saturated heterocycles. The van der Waals surface area contributed by atoms with Crippen molar-refractivity contribution >= 4 is 23.4 Å². The van der Waals surface area contributed by atoms with E-state index in [1.54, 1.807) is 6.07 Å². The lowest BCUT2D eigenvalue weighted by Crippen LogP contribution is -2.52. The Hall–Kier alpha value is -2.52. The maximum Gasteiger partial charge on any atom is 0.254 e. The number of imide groups is 1. The van der Waals surface area contributed by atoms with Gasteiger partial charge in [-0.05, 0) is 56.5 Å². The monoisotopic (exact) mass is 431 g/mol. The zero-order valence-corrected chi connectivity index (χ0v) is 17.7. The molecule has 0 aromatic heterocycles.